The van der Waals surface area contributed by atoms with Gasteiger partial charge in [0.25, 0.3) is 0 Å². The second-order valence-electron chi connectivity index (χ2n) is 3.61. The van der Waals surface area contributed by atoms with Gasteiger partial charge >= 0.3 is 0 Å². The van der Waals surface area contributed by atoms with Crippen molar-refractivity contribution in [2.24, 2.45) is 0 Å². The van der Waals surface area contributed by atoms with E-state index in [1.807, 2.05) is 13.0 Å². The fraction of sp³-hybridized carbons (Fsp3) is 0.500. The van der Waals surface area contributed by atoms with Crippen molar-refractivity contribution in [1.82, 2.24) is 10.3 Å². The highest BCUT2D eigenvalue weighted by atomic mass is 32.2. The molecule has 0 radical (unpaired) electrons. The van der Waals surface area contributed by atoms with Gasteiger partial charge in [0.15, 0.2) is 0 Å². The first-order chi connectivity index (χ1) is 6.99. The van der Waals surface area contributed by atoms with Crippen LogP contribution < -0.4 is 5.32 Å². The van der Waals surface area contributed by atoms with E-state index in [-0.39, 0.29) is 5.75 Å². The van der Waals surface area contributed by atoms with Crippen LogP contribution in [0.3, 0.4) is 0 Å². The Morgan fingerprint density at radius 1 is 1.47 bits per heavy atom. The fourth-order valence-corrected chi connectivity index (χ4v) is 1.68. The molecule has 0 bridgehead atoms. The van der Waals surface area contributed by atoms with Crippen molar-refractivity contribution < 1.29 is 8.42 Å². The van der Waals surface area contributed by atoms with Gasteiger partial charge in [-0.1, -0.05) is 0 Å². The maximum Gasteiger partial charge on any atom is 0.148 e. The summed E-state index contributed by atoms with van der Waals surface area (Å²) in [5.74, 6) is 0.173. The number of pyridine rings is 1. The van der Waals surface area contributed by atoms with Gasteiger partial charge in [-0.3, -0.25) is 4.98 Å². The van der Waals surface area contributed by atoms with Crippen LogP contribution in [0.4, 0.5) is 0 Å². The molecule has 0 fully saturated rings. The lowest BCUT2D eigenvalue weighted by molar-refractivity contribution is 0.596. The molecule has 15 heavy (non-hydrogen) atoms. The Labute approximate surface area is 90.7 Å². The predicted octanol–water partition coefficient (Wildman–Crippen LogP) is 0.524. The van der Waals surface area contributed by atoms with Crippen molar-refractivity contribution >= 4 is 9.84 Å². The SMILES string of the molecule is Cc1ccncc1CNCCS(C)(=O)=O. The molecule has 0 unspecified atom stereocenters. The van der Waals surface area contributed by atoms with E-state index in [0.29, 0.717) is 13.1 Å². The Hall–Kier alpha value is -0.940. The van der Waals surface area contributed by atoms with Crippen LogP contribution in [0.25, 0.3) is 0 Å². The van der Waals surface area contributed by atoms with Crippen molar-refractivity contribution in [3.8, 4) is 0 Å². The topological polar surface area (TPSA) is 59.1 Å². The predicted molar refractivity (Wildman–Crippen MR) is 60.4 cm³/mol. The number of hydrogen-bond donors (Lipinski definition) is 1. The minimum atomic E-state index is -2.87. The van der Waals surface area contributed by atoms with Crippen molar-refractivity contribution in [1.29, 1.82) is 0 Å². The molecule has 1 rings (SSSR count). The van der Waals surface area contributed by atoms with Crippen LogP contribution in [0.2, 0.25) is 0 Å². The molecular weight excluding hydrogens is 212 g/mol. The molecule has 0 saturated heterocycles. The first-order valence-electron chi connectivity index (χ1n) is 4.77. The first-order valence-corrected chi connectivity index (χ1v) is 6.83. The maximum absolute atomic E-state index is 10.9. The highest BCUT2D eigenvalue weighted by Gasteiger charge is 2.01. The molecule has 0 atom stereocenters. The molecule has 0 amide bonds. The van der Waals surface area contributed by atoms with E-state index in [1.165, 1.54) is 6.26 Å². The summed E-state index contributed by atoms with van der Waals surface area (Å²) in [6, 6.07) is 1.94. The molecule has 1 N–H and O–H groups in total. The number of sulfone groups is 1. The Kier molecular flexibility index (Phi) is 4.23. The Balaban J connectivity index is 2.36. The van der Waals surface area contributed by atoms with Crippen molar-refractivity contribution in [3.05, 3.63) is 29.6 Å². The van der Waals surface area contributed by atoms with E-state index in [1.54, 1.807) is 12.4 Å². The lowest BCUT2D eigenvalue weighted by Crippen LogP contribution is -2.22. The zero-order valence-corrected chi connectivity index (χ0v) is 9.84. The van der Waals surface area contributed by atoms with Gasteiger partial charge in [0.2, 0.25) is 0 Å². The number of hydrogen-bond acceptors (Lipinski definition) is 4. The molecule has 84 valence electrons. The largest absolute Gasteiger partial charge is 0.312 e. The first kappa shape index (κ1) is 12.1. The molecule has 0 aliphatic rings. The molecule has 1 aromatic heterocycles. The van der Waals surface area contributed by atoms with Crippen LogP contribution in [0, 0.1) is 6.92 Å². The Bertz CT molecular complexity index is 415. The Morgan fingerprint density at radius 2 is 2.20 bits per heavy atom. The van der Waals surface area contributed by atoms with Gasteiger partial charge in [-0.05, 0) is 24.1 Å². The summed E-state index contributed by atoms with van der Waals surface area (Å²) < 4.78 is 21.7. The minimum Gasteiger partial charge on any atom is -0.312 e. The van der Waals surface area contributed by atoms with Gasteiger partial charge in [-0.2, -0.15) is 0 Å². The number of aryl methyl sites for hydroxylation is 1. The van der Waals surface area contributed by atoms with E-state index < -0.39 is 9.84 Å². The minimum absolute atomic E-state index is 0.173. The van der Waals surface area contributed by atoms with Crippen LogP contribution in [-0.4, -0.2) is 32.0 Å². The third-order valence-electron chi connectivity index (χ3n) is 2.11. The normalized spacial score (nSPS) is 11.6. The Morgan fingerprint density at radius 3 is 2.80 bits per heavy atom. The zero-order chi connectivity index (χ0) is 11.3. The zero-order valence-electron chi connectivity index (χ0n) is 9.03. The van der Waals surface area contributed by atoms with E-state index in [4.69, 9.17) is 0 Å². The molecule has 0 aliphatic carbocycles. The standard InChI is InChI=1S/C10H16N2O2S/c1-9-3-4-11-7-10(9)8-12-5-6-15(2,13)14/h3-4,7,12H,5-6,8H2,1-2H3. The van der Waals surface area contributed by atoms with Gasteiger partial charge in [0.1, 0.15) is 9.84 Å². The van der Waals surface area contributed by atoms with Gasteiger partial charge in [-0.15, -0.1) is 0 Å². The monoisotopic (exact) mass is 228 g/mol. The maximum atomic E-state index is 10.9. The van der Waals surface area contributed by atoms with Gasteiger partial charge in [-0.25, -0.2) is 8.42 Å². The summed E-state index contributed by atoms with van der Waals surface area (Å²) in [4.78, 5) is 4.01. The second-order valence-corrected chi connectivity index (χ2v) is 5.87. The van der Waals surface area contributed by atoms with Crippen molar-refractivity contribution in [2.75, 3.05) is 18.6 Å². The summed E-state index contributed by atoms with van der Waals surface area (Å²) >= 11 is 0. The molecule has 0 aromatic carbocycles. The number of aromatic nitrogens is 1. The third kappa shape index (κ3) is 4.90. The average Bonchev–Trinajstić information content (AvgIpc) is 2.13. The lowest BCUT2D eigenvalue weighted by Gasteiger charge is -2.06. The molecule has 4 nitrogen and oxygen atoms in total. The molecule has 1 aromatic rings. The molecule has 0 aliphatic heterocycles. The van der Waals surface area contributed by atoms with E-state index in [9.17, 15) is 8.42 Å². The highest BCUT2D eigenvalue weighted by Crippen LogP contribution is 2.03. The van der Waals surface area contributed by atoms with Crippen LogP contribution >= 0.6 is 0 Å². The average molecular weight is 228 g/mol. The number of rotatable bonds is 5. The van der Waals surface area contributed by atoms with E-state index in [0.717, 1.165) is 11.1 Å². The van der Waals surface area contributed by atoms with Crippen LogP contribution in [0.15, 0.2) is 18.5 Å². The molecular formula is C10H16N2O2S. The van der Waals surface area contributed by atoms with E-state index >= 15 is 0 Å². The molecule has 0 saturated carbocycles. The van der Waals surface area contributed by atoms with Crippen LogP contribution in [0.5, 0.6) is 0 Å². The summed E-state index contributed by atoms with van der Waals surface area (Å²) in [6.45, 7) is 3.15. The summed E-state index contributed by atoms with van der Waals surface area (Å²) in [5, 5.41) is 3.08. The smallest absolute Gasteiger partial charge is 0.148 e. The second kappa shape index (κ2) is 5.23. The third-order valence-corrected chi connectivity index (χ3v) is 3.06. The van der Waals surface area contributed by atoms with Gasteiger partial charge in [0, 0.05) is 31.7 Å². The lowest BCUT2D eigenvalue weighted by atomic mass is 10.2. The summed E-state index contributed by atoms with van der Waals surface area (Å²) in [5.41, 5.74) is 2.27. The van der Waals surface area contributed by atoms with Crippen molar-refractivity contribution in [3.63, 3.8) is 0 Å². The molecule has 5 heteroatoms. The van der Waals surface area contributed by atoms with Crippen molar-refractivity contribution in [2.45, 2.75) is 13.5 Å². The highest BCUT2D eigenvalue weighted by molar-refractivity contribution is 7.90. The molecule has 1 heterocycles. The summed E-state index contributed by atoms with van der Waals surface area (Å²) in [6.07, 6.45) is 4.78. The molecule has 0 spiro atoms. The number of nitrogens with one attached hydrogen (secondary N) is 1. The summed E-state index contributed by atoms with van der Waals surface area (Å²) in [7, 11) is -2.87. The van der Waals surface area contributed by atoms with Gasteiger partial charge in [0.05, 0.1) is 5.75 Å². The van der Waals surface area contributed by atoms with E-state index in [2.05, 4.69) is 10.3 Å². The van der Waals surface area contributed by atoms with Gasteiger partial charge < -0.3 is 5.32 Å². The quantitative estimate of drug-likeness (QED) is 0.747. The fourth-order valence-electron chi connectivity index (χ4n) is 1.16. The van der Waals surface area contributed by atoms with Crippen LogP contribution in [0.1, 0.15) is 11.1 Å². The number of nitrogens with zero attached hydrogens (tertiary/aromatic N) is 1. The van der Waals surface area contributed by atoms with Crippen LogP contribution in [-0.2, 0) is 16.4 Å².